The number of ether oxygens (including phenoxy) is 1. The first-order valence-corrected chi connectivity index (χ1v) is 11.5. The summed E-state index contributed by atoms with van der Waals surface area (Å²) in [5.74, 6) is -0.315. The lowest BCUT2D eigenvalue weighted by atomic mass is 10.0. The molecule has 0 bridgehead atoms. The van der Waals surface area contributed by atoms with Crippen LogP contribution in [-0.2, 0) is 11.3 Å². The molecule has 178 valence electrons. The fourth-order valence-corrected chi connectivity index (χ4v) is 4.48. The number of hydrogen-bond acceptors (Lipinski definition) is 7. The summed E-state index contributed by atoms with van der Waals surface area (Å²) >= 11 is 0. The van der Waals surface area contributed by atoms with Crippen LogP contribution in [0, 0.1) is 0 Å². The Hall–Kier alpha value is -3.37. The summed E-state index contributed by atoms with van der Waals surface area (Å²) in [6, 6.07) is 3.25. The molecule has 2 aliphatic heterocycles. The van der Waals surface area contributed by atoms with Crippen molar-refractivity contribution < 1.29 is 13.9 Å². The second kappa shape index (κ2) is 9.11. The van der Waals surface area contributed by atoms with Crippen LogP contribution in [0.4, 0.5) is 10.1 Å². The van der Waals surface area contributed by atoms with Crippen molar-refractivity contribution in [1.82, 2.24) is 20.4 Å². The predicted octanol–water partition coefficient (Wildman–Crippen LogP) is 2.20. The first-order valence-electron chi connectivity index (χ1n) is 11.5. The zero-order valence-corrected chi connectivity index (χ0v) is 19.5. The third kappa shape index (κ3) is 4.26. The molecule has 2 atom stereocenters. The van der Waals surface area contributed by atoms with Crippen molar-refractivity contribution in [2.45, 2.75) is 32.5 Å². The maximum Gasteiger partial charge on any atom is 0.257 e. The lowest BCUT2D eigenvalue weighted by molar-refractivity contribution is 0.0968. The fraction of sp³-hybridized carbons (Fsp3) is 0.417. The number of amides is 1. The summed E-state index contributed by atoms with van der Waals surface area (Å²) in [5, 5.41) is 11.8. The number of anilines is 1. The maximum absolute atomic E-state index is 14.5. The van der Waals surface area contributed by atoms with Gasteiger partial charge in [0, 0.05) is 56.3 Å². The van der Waals surface area contributed by atoms with Gasteiger partial charge in [-0.1, -0.05) is 0 Å². The molecule has 0 saturated carbocycles. The Labute approximate surface area is 197 Å². The van der Waals surface area contributed by atoms with E-state index in [9.17, 15) is 9.18 Å². The van der Waals surface area contributed by atoms with E-state index in [-0.39, 0.29) is 17.7 Å². The fourth-order valence-electron chi connectivity index (χ4n) is 4.48. The predicted molar refractivity (Wildman–Crippen MR) is 130 cm³/mol. The first-order chi connectivity index (χ1) is 16.4. The molecule has 2 aromatic rings. The second-order valence-electron chi connectivity index (χ2n) is 8.72. The number of fused-ring (bicyclic) bond motifs is 2. The monoisotopic (exact) mass is 465 g/mol. The van der Waals surface area contributed by atoms with Crippen molar-refractivity contribution in [3.63, 3.8) is 0 Å². The van der Waals surface area contributed by atoms with E-state index in [0.717, 1.165) is 37.3 Å². The van der Waals surface area contributed by atoms with Gasteiger partial charge in [-0.05, 0) is 38.1 Å². The SMILES string of the molecule is CO[C@@H](C)Cn1cc2c(N3CCNCC3)ccc(C(=O)NC3=CC4N=C(C)N=C4C(F)=C3)c2n1. The van der Waals surface area contributed by atoms with Gasteiger partial charge in [0.25, 0.3) is 5.91 Å². The zero-order chi connectivity index (χ0) is 23.8. The number of benzene rings is 1. The minimum absolute atomic E-state index is 0.0268. The number of methoxy groups -OCH3 is 1. The lowest BCUT2D eigenvalue weighted by Crippen LogP contribution is -2.43. The van der Waals surface area contributed by atoms with Crippen LogP contribution in [0.15, 0.2) is 52.0 Å². The minimum atomic E-state index is -0.509. The van der Waals surface area contributed by atoms with Crippen molar-refractivity contribution in [3.05, 3.63) is 47.6 Å². The topological polar surface area (TPSA) is 96.1 Å². The summed E-state index contributed by atoms with van der Waals surface area (Å²) in [5.41, 5.74) is 2.72. The van der Waals surface area contributed by atoms with Gasteiger partial charge in [0.05, 0.1) is 18.2 Å². The summed E-state index contributed by atoms with van der Waals surface area (Å²) in [6.07, 6.45) is 4.94. The molecule has 5 rings (SSSR count). The van der Waals surface area contributed by atoms with E-state index in [1.165, 1.54) is 6.08 Å². The first kappa shape index (κ1) is 22.4. The molecule has 1 saturated heterocycles. The van der Waals surface area contributed by atoms with Crippen molar-refractivity contribution in [2.24, 2.45) is 9.98 Å². The van der Waals surface area contributed by atoms with E-state index in [1.54, 1.807) is 26.2 Å². The van der Waals surface area contributed by atoms with Gasteiger partial charge in [-0.3, -0.25) is 14.5 Å². The van der Waals surface area contributed by atoms with Crippen molar-refractivity contribution in [1.29, 1.82) is 0 Å². The molecule has 9 nitrogen and oxygen atoms in total. The highest BCUT2D eigenvalue weighted by molar-refractivity contribution is 6.15. The molecule has 1 unspecified atom stereocenters. The van der Waals surface area contributed by atoms with Gasteiger partial charge in [-0.2, -0.15) is 5.10 Å². The molecule has 10 heteroatoms. The molecular weight excluding hydrogens is 437 g/mol. The number of piperazine rings is 1. The smallest absolute Gasteiger partial charge is 0.257 e. The molecule has 3 heterocycles. The van der Waals surface area contributed by atoms with Gasteiger partial charge < -0.3 is 20.3 Å². The van der Waals surface area contributed by atoms with Crippen LogP contribution in [0.3, 0.4) is 0 Å². The van der Waals surface area contributed by atoms with E-state index in [4.69, 9.17) is 9.84 Å². The highest BCUT2D eigenvalue weighted by atomic mass is 19.1. The number of carbonyl (C=O) groups is 1. The maximum atomic E-state index is 14.5. The third-order valence-corrected chi connectivity index (χ3v) is 6.26. The second-order valence-corrected chi connectivity index (χ2v) is 8.72. The number of aromatic nitrogens is 2. The number of hydrogen-bond donors (Lipinski definition) is 2. The van der Waals surface area contributed by atoms with E-state index < -0.39 is 11.9 Å². The molecule has 2 N–H and O–H groups in total. The van der Waals surface area contributed by atoms with Gasteiger partial charge in [0.15, 0.2) is 0 Å². The number of halogens is 1. The van der Waals surface area contributed by atoms with Crippen molar-refractivity contribution >= 4 is 34.0 Å². The van der Waals surface area contributed by atoms with Crippen LogP contribution in [0.5, 0.6) is 0 Å². The van der Waals surface area contributed by atoms with Gasteiger partial charge >= 0.3 is 0 Å². The quantitative estimate of drug-likeness (QED) is 0.682. The highest BCUT2D eigenvalue weighted by Crippen LogP contribution is 2.30. The van der Waals surface area contributed by atoms with Gasteiger partial charge in [0.1, 0.15) is 28.9 Å². The van der Waals surface area contributed by atoms with E-state index in [1.807, 2.05) is 23.9 Å². The number of allylic oxidation sites excluding steroid dienone is 1. The van der Waals surface area contributed by atoms with Gasteiger partial charge in [-0.25, -0.2) is 9.38 Å². The number of aliphatic imine (C=N–C) groups is 2. The van der Waals surface area contributed by atoms with Crippen LogP contribution >= 0.6 is 0 Å². The molecular formula is C24H28FN7O2. The summed E-state index contributed by atoms with van der Waals surface area (Å²) in [4.78, 5) is 24.0. The molecule has 34 heavy (non-hydrogen) atoms. The number of carbonyl (C=O) groups excluding carboxylic acids is 1. The summed E-state index contributed by atoms with van der Waals surface area (Å²) < 4.78 is 21.7. The molecule has 1 aromatic heterocycles. The Kier molecular flexibility index (Phi) is 6.01. The molecule has 1 aromatic carbocycles. The van der Waals surface area contributed by atoms with E-state index in [0.29, 0.717) is 29.2 Å². The van der Waals surface area contributed by atoms with E-state index in [2.05, 4.69) is 25.5 Å². The summed E-state index contributed by atoms with van der Waals surface area (Å²) in [6.45, 7) is 7.82. The molecule has 1 amide bonds. The Morgan fingerprint density at radius 3 is 2.91 bits per heavy atom. The Morgan fingerprint density at radius 2 is 2.15 bits per heavy atom. The van der Waals surface area contributed by atoms with Gasteiger partial charge in [0.2, 0.25) is 0 Å². The summed E-state index contributed by atoms with van der Waals surface area (Å²) in [7, 11) is 1.66. The molecule has 0 radical (unpaired) electrons. The molecule has 1 fully saturated rings. The zero-order valence-electron chi connectivity index (χ0n) is 19.5. The van der Waals surface area contributed by atoms with Crippen LogP contribution in [0.25, 0.3) is 10.9 Å². The lowest BCUT2D eigenvalue weighted by Gasteiger charge is -2.30. The van der Waals surface area contributed by atoms with Crippen LogP contribution in [-0.4, -0.2) is 72.7 Å². The molecule has 3 aliphatic rings. The largest absolute Gasteiger partial charge is 0.380 e. The third-order valence-electron chi connectivity index (χ3n) is 6.26. The number of nitrogens with one attached hydrogen (secondary N) is 2. The average Bonchev–Trinajstić information content (AvgIpc) is 3.41. The highest BCUT2D eigenvalue weighted by Gasteiger charge is 2.28. The molecule has 1 aliphatic carbocycles. The van der Waals surface area contributed by atoms with Crippen molar-refractivity contribution in [2.75, 3.05) is 38.2 Å². The van der Waals surface area contributed by atoms with Gasteiger partial charge in [-0.15, -0.1) is 0 Å². The van der Waals surface area contributed by atoms with Crippen LogP contribution < -0.4 is 15.5 Å². The molecule has 0 spiro atoms. The van der Waals surface area contributed by atoms with E-state index >= 15 is 0 Å². The van der Waals surface area contributed by atoms with Crippen molar-refractivity contribution in [3.8, 4) is 0 Å². The average molecular weight is 466 g/mol. The normalized spacial score (nSPS) is 20.9. The number of rotatable bonds is 6. The minimum Gasteiger partial charge on any atom is -0.380 e. The van der Waals surface area contributed by atoms with Crippen LogP contribution in [0.1, 0.15) is 24.2 Å². The Balaban J connectivity index is 1.48. The Morgan fingerprint density at radius 1 is 1.35 bits per heavy atom. The number of nitrogens with zero attached hydrogens (tertiary/aromatic N) is 5. The number of amidine groups is 1. The van der Waals surface area contributed by atoms with Crippen LogP contribution in [0.2, 0.25) is 0 Å². The Bertz CT molecular complexity index is 1250. The standard InChI is InChI=1S/C24H28FN7O2/c1-14(34-3)12-32-13-18-21(31-8-6-26-7-9-31)5-4-17(22(18)30-32)24(33)29-16-10-19(25)23-20(11-16)27-15(2)28-23/h4-5,10-11,13-14,20,26H,6-9,12H2,1-3H3,(H,29,33)/t14-,20?/m0/s1.